The molecule has 2 fully saturated rings. The van der Waals surface area contributed by atoms with Crippen LogP contribution in [0.15, 0.2) is 42.0 Å². The van der Waals surface area contributed by atoms with Gasteiger partial charge < -0.3 is 9.64 Å². The average molecular weight is 381 g/mol. The summed E-state index contributed by atoms with van der Waals surface area (Å²) in [5.74, 6) is 1.08. The van der Waals surface area contributed by atoms with Crippen LogP contribution in [-0.4, -0.2) is 60.3 Å². The van der Waals surface area contributed by atoms with Crippen LogP contribution >= 0.6 is 11.3 Å². The van der Waals surface area contributed by atoms with Crippen LogP contribution in [0, 0.1) is 0 Å². The predicted octanol–water partition coefficient (Wildman–Crippen LogP) is 3.66. The molecule has 140 valence electrons. The maximum absolute atomic E-state index is 5.80. The number of fused-ring (bicyclic) bond motifs is 1. The lowest BCUT2D eigenvalue weighted by Gasteiger charge is -2.36. The van der Waals surface area contributed by atoms with E-state index < -0.39 is 0 Å². The van der Waals surface area contributed by atoms with E-state index in [1.54, 1.807) is 17.7 Å². The molecule has 3 aromatic rings. The third kappa shape index (κ3) is 3.45. The minimum absolute atomic E-state index is 0.434. The summed E-state index contributed by atoms with van der Waals surface area (Å²) >= 11 is 1.70. The highest BCUT2D eigenvalue weighted by Gasteiger charge is 2.25. The second-order valence-electron chi connectivity index (χ2n) is 7.32. The Morgan fingerprint density at radius 1 is 1.07 bits per heavy atom. The van der Waals surface area contributed by atoms with Crippen molar-refractivity contribution in [1.29, 1.82) is 0 Å². The summed E-state index contributed by atoms with van der Waals surface area (Å²) in [5.41, 5.74) is 2.48. The summed E-state index contributed by atoms with van der Waals surface area (Å²) in [4.78, 5) is 15.2. The summed E-state index contributed by atoms with van der Waals surface area (Å²) in [6.07, 6.45) is 4.57. The molecule has 0 bridgehead atoms. The zero-order chi connectivity index (χ0) is 18.1. The molecule has 2 aliphatic heterocycles. The molecule has 2 aliphatic rings. The van der Waals surface area contributed by atoms with Gasteiger partial charge in [0.2, 0.25) is 0 Å². The number of hydrogen-bond acceptors (Lipinski definition) is 6. The lowest BCUT2D eigenvalue weighted by molar-refractivity contribution is 0.0712. The van der Waals surface area contributed by atoms with Gasteiger partial charge in [-0.15, -0.1) is 11.3 Å². The molecule has 1 aromatic carbocycles. The van der Waals surface area contributed by atoms with Crippen LogP contribution in [-0.2, 0) is 4.74 Å². The van der Waals surface area contributed by atoms with Gasteiger partial charge in [-0.3, -0.25) is 4.90 Å². The van der Waals surface area contributed by atoms with Gasteiger partial charge in [0.25, 0.3) is 0 Å². The standard InChI is InChI=1S/C21H24N4OS/c1-2-5-16(6-3-1)18-14-27-21-19(18)20(22-15-23-21)25-10-8-24(9-11-25)13-17-7-4-12-26-17/h1-3,5-6,14-15,17H,4,7-13H2. The average Bonchev–Trinajstić information content (AvgIpc) is 3.39. The predicted molar refractivity (Wildman–Crippen MR) is 110 cm³/mol. The minimum atomic E-state index is 0.434. The number of aromatic nitrogens is 2. The molecule has 0 aliphatic carbocycles. The number of piperazine rings is 1. The van der Waals surface area contributed by atoms with E-state index in [1.165, 1.54) is 29.4 Å². The highest BCUT2D eigenvalue weighted by atomic mass is 32.1. The van der Waals surface area contributed by atoms with Gasteiger partial charge in [0.05, 0.1) is 11.5 Å². The third-order valence-corrected chi connectivity index (χ3v) is 6.48. The zero-order valence-corrected chi connectivity index (χ0v) is 16.2. The van der Waals surface area contributed by atoms with Crippen LogP contribution < -0.4 is 4.90 Å². The van der Waals surface area contributed by atoms with Crippen LogP contribution in [0.1, 0.15) is 12.8 Å². The molecule has 0 N–H and O–H groups in total. The quantitative estimate of drug-likeness (QED) is 0.691. The van der Waals surface area contributed by atoms with Gasteiger partial charge in [0, 0.05) is 50.3 Å². The Hall–Kier alpha value is -2.02. The van der Waals surface area contributed by atoms with Crippen molar-refractivity contribution in [3.8, 4) is 11.1 Å². The molecule has 0 radical (unpaired) electrons. The molecule has 6 heteroatoms. The first-order chi connectivity index (χ1) is 13.4. The van der Waals surface area contributed by atoms with Crippen molar-refractivity contribution in [3.63, 3.8) is 0 Å². The van der Waals surface area contributed by atoms with Crippen molar-refractivity contribution in [2.24, 2.45) is 0 Å². The van der Waals surface area contributed by atoms with E-state index in [9.17, 15) is 0 Å². The van der Waals surface area contributed by atoms with Crippen molar-refractivity contribution in [1.82, 2.24) is 14.9 Å². The normalized spacial score (nSPS) is 21.2. The van der Waals surface area contributed by atoms with Crippen molar-refractivity contribution in [3.05, 3.63) is 42.0 Å². The maximum Gasteiger partial charge on any atom is 0.141 e. The lowest BCUT2D eigenvalue weighted by atomic mass is 10.1. The highest BCUT2D eigenvalue weighted by Crippen LogP contribution is 2.37. The molecule has 1 atom stereocenters. The van der Waals surface area contributed by atoms with E-state index in [4.69, 9.17) is 9.72 Å². The first-order valence-corrected chi connectivity index (χ1v) is 10.6. The van der Waals surface area contributed by atoms with Gasteiger partial charge in [0.15, 0.2) is 0 Å². The lowest BCUT2D eigenvalue weighted by Crippen LogP contribution is -2.48. The molecule has 0 amide bonds. The van der Waals surface area contributed by atoms with Crippen LogP contribution in [0.4, 0.5) is 5.82 Å². The highest BCUT2D eigenvalue weighted by molar-refractivity contribution is 7.17. The van der Waals surface area contributed by atoms with E-state index in [0.29, 0.717) is 6.10 Å². The Morgan fingerprint density at radius 2 is 1.93 bits per heavy atom. The molecule has 2 saturated heterocycles. The molecule has 0 spiro atoms. The van der Waals surface area contributed by atoms with Gasteiger partial charge in [-0.1, -0.05) is 30.3 Å². The van der Waals surface area contributed by atoms with E-state index in [2.05, 4.69) is 50.5 Å². The van der Waals surface area contributed by atoms with Crippen molar-refractivity contribution >= 4 is 27.4 Å². The fourth-order valence-corrected chi connectivity index (χ4v) is 5.06. The molecule has 27 heavy (non-hydrogen) atoms. The topological polar surface area (TPSA) is 41.5 Å². The monoisotopic (exact) mass is 380 g/mol. The smallest absolute Gasteiger partial charge is 0.141 e. The van der Waals surface area contributed by atoms with Gasteiger partial charge in [0.1, 0.15) is 17.0 Å². The second kappa shape index (κ2) is 7.54. The Morgan fingerprint density at radius 3 is 2.70 bits per heavy atom. The van der Waals surface area contributed by atoms with E-state index in [-0.39, 0.29) is 0 Å². The van der Waals surface area contributed by atoms with Gasteiger partial charge >= 0.3 is 0 Å². The van der Waals surface area contributed by atoms with Gasteiger partial charge in [-0.2, -0.15) is 0 Å². The first-order valence-electron chi connectivity index (χ1n) is 9.75. The molecule has 0 saturated carbocycles. The number of rotatable bonds is 4. The van der Waals surface area contributed by atoms with Crippen LogP contribution in [0.5, 0.6) is 0 Å². The summed E-state index contributed by atoms with van der Waals surface area (Å²) in [7, 11) is 0. The van der Waals surface area contributed by atoms with Crippen molar-refractivity contribution in [2.45, 2.75) is 18.9 Å². The Kier molecular flexibility index (Phi) is 4.78. The van der Waals surface area contributed by atoms with E-state index >= 15 is 0 Å². The van der Waals surface area contributed by atoms with E-state index in [0.717, 1.165) is 50.0 Å². The molecule has 2 aromatic heterocycles. The number of thiophene rings is 1. The Bertz CT molecular complexity index is 899. The molecular formula is C21H24N4OS. The minimum Gasteiger partial charge on any atom is -0.377 e. The van der Waals surface area contributed by atoms with Crippen molar-refractivity contribution in [2.75, 3.05) is 44.2 Å². The summed E-state index contributed by atoms with van der Waals surface area (Å²) in [5, 5.41) is 3.41. The van der Waals surface area contributed by atoms with Crippen LogP contribution in [0.25, 0.3) is 21.3 Å². The largest absolute Gasteiger partial charge is 0.377 e. The van der Waals surface area contributed by atoms with Crippen LogP contribution in [0.2, 0.25) is 0 Å². The molecular weight excluding hydrogens is 356 g/mol. The molecule has 5 rings (SSSR count). The van der Waals surface area contributed by atoms with Gasteiger partial charge in [-0.05, 0) is 18.4 Å². The summed E-state index contributed by atoms with van der Waals surface area (Å²) in [6.45, 7) is 6.14. The number of hydrogen-bond donors (Lipinski definition) is 0. The number of benzene rings is 1. The van der Waals surface area contributed by atoms with E-state index in [1.807, 2.05) is 0 Å². The first kappa shape index (κ1) is 17.1. The molecule has 1 unspecified atom stereocenters. The maximum atomic E-state index is 5.80. The zero-order valence-electron chi connectivity index (χ0n) is 15.4. The van der Waals surface area contributed by atoms with Crippen molar-refractivity contribution < 1.29 is 4.74 Å². The third-order valence-electron chi connectivity index (χ3n) is 5.59. The second-order valence-corrected chi connectivity index (χ2v) is 8.17. The molecule has 4 heterocycles. The summed E-state index contributed by atoms with van der Waals surface area (Å²) < 4.78 is 5.80. The number of anilines is 1. The van der Waals surface area contributed by atoms with Crippen LogP contribution in [0.3, 0.4) is 0 Å². The Balaban J connectivity index is 1.38. The fraction of sp³-hybridized carbons (Fsp3) is 0.429. The number of nitrogens with zero attached hydrogens (tertiary/aromatic N) is 4. The molecule has 5 nitrogen and oxygen atoms in total. The fourth-order valence-electron chi connectivity index (χ4n) is 4.15. The SMILES string of the molecule is c1ccc(-c2csc3ncnc(N4CCN(CC5CCCO5)CC4)c23)cc1. The van der Waals surface area contributed by atoms with Gasteiger partial charge in [-0.25, -0.2) is 9.97 Å². The summed E-state index contributed by atoms with van der Waals surface area (Å²) in [6, 6.07) is 10.6. The Labute approximate surface area is 163 Å². The number of ether oxygens (including phenoxy) is 1.